The molecule has 1 aromatic heterocycles. The second-order valence-electron chi connectivity index (χ2n) is 2.52. The Balaban J connectivity index is 2.62. The van der Waals surface area contributed by atoms with E-state index in [-0.39, 0.29) is 6.04 Å². The Morgan fingerprint density at radius 2 is 2.45 bits per heavy atom. The summed E-state index contributed by atoms with van der Waals surface area (Å²) in [6.07, 6.45) is 0.299. The van der Waals surface area contributed by atoms with Gasteiger partial charge in [-0.25, -0.2) is 0 Å². The Bertz CT molecular complexity index is 198. The van der Waals surface area contributed by atoms with Gasteiger partial charge in [-0.15, -0.1) is 11.3 Å². The van der Waals surface area contributed by atoms with Gasteiger partial charge in [0.25, 0.3) is 0 Å². The van der Waals surface area contributed by atoms with E-state index in [1.54, 1.807) is 11.3 Å². The van der Waals surface area contributed by atoms with Crippen molar-refractivity contribution in [2.45, 2.75) is 25.5 Å². The van der Waals surface area contributed by atoms with Gasteiger partial charge in [0.05, 0.1) is 12.1 Å². The molecule has 0 spiro atoms. The molecule has 62 valence electrons. The molecular formula is C8H13NOS. The maximum Gasteiger partial charge on any atom is 0.0738 e. The van der Waals surface area contributed by atoms with E-state index in [1.165, 1.54) is 0 Å². The number of aliphatic hydroxyl groups excluding tert-OH is 1. The van der Waals surface area contributed by atoms with Crippen molar-refractivity contribution in [3.8, 4) is 0 Å². The summed E-state index contributed by atoms with van der Waals surface area (Å²) in [5.74, 6) is 0. The summed E-state index contributed by atoms with van der Waals surface area (Å²) < 4.78 is 0. The Labute approximate surface area is 70.7 Å². The molecule has 3 heteroatoms. The van der Waals surface area contributed by atoms with E-state index in [1.807, 2.05) is 24.4 Å². The first-order chi connectivity index (χ1) is 5.25. The molecule has 1 heterocycles. The van der Waals surface area contributed by atoms with Crippen LogP contribution in [0.15, 0.2) is 17.5 Å². The first-order valence-corrected chi connectivity index (χ1v) is 4.60. The van der Waals surface area contributed by atoms with Gasteiger partial charge in [0.1, 0.15) is 0 Å². The lowest BCUT2D eigenvalue weighted by molar-refractivity contribution is 0.142. The molecule has 0 aromatic carbocycles. The average molecular weight is 171 g/mol. The SMILES string of the molecule is CCC(O)C(N)c1cccs1. The van der Waals surface area contributed by atoms with E-state index in [0.717, 1.165) is 4.88 Å². The lowest BCUT2D eigenvalue weighted by Crippen LogP contribution is -2.24. The summed E-state index contributed by atoms with van der Waals surface area (Å²) in [7, 11) is 0. The lowest BCUT2D eigenvalue weighted by Gasteiger charge is -2.14. The summed E-state index contributed by atoms with van der Waals surface area (Å²) in [5, 5.41) is 11.3. The molecule has 0 bridgehead atoms. The van der Waals surface area contributed by atoms with E-state index in [4.69, 9.17) is 5.73 Å². The minimum atomic E-state index is -0.409. The molecule has 0 saturated heterocycles. The third kappa shape index (κ3) is 2.02. The van der Waals surface area contributed by atoms with Crippen molar-refractivity contribution in [3.05, 3.63) is 22.4 Å². The van der Waals surface area contributed by atoms with Gasteiger partial charge < -0.3 is 10.8 Å². The van der Waals surface area contributed by atoms with Crippen LogP contribution in [-0.4, -0.2) is 11.2 Å². The zero-order valence-corrected chi connectivity index (χ0v) is 7.34. The van der Waals surface area contributed by atoms with Crippen molar-refractivity contribution < 1.29 is 5.11 Å². The molecule has 0 aliphatic heterocycles. The predicted molar refractivity (Wildman–Crippen MR) is 47.5 cm³/mol. The van der Waals surface area contributed by atoms with E-state index >= 15 is 0 Å². The topological polar surface area (TPSA) is 46.2 Å². The van der Waals surface area contributed by atoms with Gasteiger partial charge in [-0.3, -0.25) is 0 Å². The van der Waals surface area contributed by atoms with Crippen LogP contribution in [0.5, 0.6) is 0 Å². The van der Waals surface area contributed by atoms with Crippen molar-refractivity contribution in [1.29, 1.82) is 0 Å². The van der Waals surface area contributed by atoms with Crippen LogP contribution in [0, 0.1) is 0 Å². The lowest BCUT2D eigenvalue weighted by atomic mass is 10.1. The first-order valence-electron chi connectivity index (χ1n) is 3.72. The van der Waals surface area contributed by atoms with Gasteiger partial charge in [0, 0.05) is 4.88 Å². The molecule has 2 nitrogen and oxygen atoms in total. The fourth-order valence-electron chi connectivity index (χ4n) is 0.924. The van der Waals surface area contributed by atoms with Gasteiger partial charge in [0.15, 0.2) is 0 Å². The summed E-state index contributed by atoms with van der Waals surface area (Å²) in [6.45, 7) is 1.93. The van der Waals surface area contributed by atoms with E-state index in [0.29, 0.717) is 6.42 Å². The van der Waals surface area contributed by atoms with Gasteiger partial charge in [-0.05, 0) is 17.9 Å². The maximum atomic E-state index is 9.38. The van der Waals surface area contributed by atoms with Crippen molar-refractivity contribution in [2.24, 2.45) is 5.73 Å². The van der Waals surface area contributed by atoms with Crippen LogP contribution in [0.4, 0.5) is 0 Å². The number of thiophene rings is 1. The van der Waals surface area contributed by atoms with Crippen LogP contribution in [0.2, 0.25) is 0 Å². The molecule has 1 rings (SSSR count). The predicted octanol–water partition coefficient (Wildman–Crippen LogP) is 1.52. The molecule has 1 aromatic rings. The smallest absolute Gasteiger partial charge is 0.0738 e. The molecule has 0 fully saturated rings. The Morgan fingerprint density at radius 1 is 1.73 bits per heavy atom. The third-order valence-corrected chi connectivity index (χ3v) is 2.68. The van der Waals surface area contributed by atoms with Crippen LogP contribution < -0.4 is 5.73 Å². The van der Waals surface area contributed by atoms with Crippen molar-refractivity contribution in [2.75, 3.05) is 0 Å². The zero-order valence-electron chi connectivity index (χ0n) is 6.53. The molecule has 0 amide bonds. The van der Waals surface area contributed by atoms with Crippen LogP contribution in [-0.2, 0) is 0 Å². The summed E-state index contributed by atoms with van der Waals surface area (Å²) in [4.78, 5) is 1.05. The number of hydrogen-bond donors (Lipinski definition) is 2. The van der Waals surface area contributed by atoms with Gasteiger partial charge in [0.2, 0.25) is 0 Å². The summed E-state index contributed by atoms with van der Waals surface area (Å²) in [5.41, 5.74) is 5.75. The normalized spacial score (nSPS) is 16.3. The minimum absolute atomic E-state index is 0.208. The average Bonchev–Trinajstić information content (AvgIpc) is 2.53. The largest absolute Gasteiger partial charge is 0.391 e. The molecule has 0 radical (unpaired) electrons. The van der Waals surface area contributed by atoms with Gasteiger partial charge in [-0.1, -0.05) is 13.0 Å². The van der Waals surface area contributed by atoms with E-state index < -0.39 is 6.10 Å². The van der Waals surface area contributed by atoms with E-state index in [9.17, 15) is 5.11 Å². The molecule has 0 saturated carbocycles. The molecule has 2 atom stereocenters. The summed E-state index contributed by atoms with van der Waals surface area (Å²) >= 11 is 1.59. The monoisotopic (exact) mass is 171 g/mol. The standard InChI is InChI=1S/C8H13NOS/c1-2-6(10)8(9)7-4-3-5-11-7/h3-6,8,10H,2,9H2,1H3. The molecule has 2 unspecified atom stereocenters. The van der Waals surface area contributed by atoms with E-state index in [2.05, 4.69) is 0 Å². The quantitative estimate of drug-likeness (QED) is 0.724. The highest BCUT2D eigenvalue weighted by Crippen LogP contribution is 2.20. The van der Waals surface area contributed by atoms with Gasteiger partial charge in [-0.2, -0.15) is 0 Å². The molecule has 11 heavy (non-hydrogen) atoms. The fraction of sp³-hybridized carbons (Fsp3) is 0.500. The van der Waals surface area contributed by atoms with Crippen molar-refractivity contribution >= 4 is 11.3 Å². The van der Waals surface area contributed by atoms with Crippen molar-refractivity contribution in [1.82, 2.24) is 0 Å². The highest BCUT2D eigenvalue weighted by Gasteiger charge is 2.14. The number of hydrogen-bond acceptors (Lipinski definition) is 3. The van der Waals surface area contributed by atoms with Crippen LogP contribution >= 0.6 is 11.3 Å². The van der Waals surface area contributed by atoms with Crippen LogP contribution in [0.1, 0.15) is 24.3 Å². The highest BCUT2D eigenvalue weighted by molar-refractivity contribution is 7.10. The van der Waals surface area contributed by atoms with Crippen LogP contribution in [0.3, 0.4) is 0 Å². The Kier molecular flexibility index (Phi) is 3.05. The summed E-state index contributed by atoms with van der Waals surface area (Å²) in [6, 6.07) is 3.69. The third-order valence-electron chi connectivity index (χ3n) is 1.70. The Morgan fingerprint density at radius 3 is 2.91 bits per heavy atom. The molecule has 0 aliphatic carbocycles. The molecular weight excluding hydrogens is 158 g/mol. The van der Waals surface area contributed by atoms with Crippen LogP contribution in [0.25, 0.3) is 0 Å². The fourth-order valence-corrected chi connectivity index (χ4v) is 1.71. The number of aliphatic hydroxyl groups is 1. The second kappa shape index (κ2) is 3.85. The highest BCUT2D eigenvalue weighted by atomic mass is 32.1. The zero-order chi connectivity index (χ0) is 8.27. The van der Waals surface area contributed by atoms with Crippen molar-refractivity contribution in [3.63, 3.8) is 0 Å². The molecule has 0 aliphatic rings. The number of rotatable bonds is 3. The second-order valence-corrected chi connectivity index (χ2v) is 3.50. The molecule has 3 N–H and O–H groups in total. The number of nitrogens with two attached hydrogens (primary N) is 1. The maximum absolute atomic E-state index is 9.38. The van der Waals surface area contributed by atoms with Gasteiger partial charge >= 0.3 is 0 Å². The Hall–Kier alpha value is -0.380. The minimum Gasteiger partial charge on any atom is -0.391 e. The first kappa shape index (κ1) is 8.71.